The van der Waals surface area contributed by atoms with E-state index < -0.39 is 0 Å². The van der Waals surface area contributed by atoms with Gasteiger partial charge < -0.3 is 4.74 Å². The van der Waals surface area contributed by atoms with Gasteiger partial charge in [0.05, 0.1) is 23.9 Å². The van der Waals surface area contributed by atoms with E-state index in [-0.39, 0.29) is 5.97 Å². The molecule has 0 N–H and O–H groups in total. The first-order valence-corrected chi connectivity index (χ1v) is 9.30. The Kier molecular flexibility index (Phi) is 5.61. The van der Waals surface area contributed by atoms with Crippen LogP contribution in [0.15, 0.2) is 58.4 Å². The molecular weight excluding hydrogens is 412 g/mol. The second-order valence-corrected chi connectivity index (χ2v) is 7.11. The Balaban J connectivity index is 1.88. The quantitative estimate of drug-likeness (QED) is 0.414. The summed E-state index contributed by atoms with van der Waals surface area (Å²) in [6, 6.07) is 16.9. The van der Waals surface area contributed by atoms with E-state index >= 15 is 0 Å². The summed E-state index contributed by atoms with van der Waals surface area (Å²) in [5.74, 6) is -0.389. The number of aromatic nitrogens is 1. The van der Waals surface area contributed by atoms with Gasteiger partial charge in [0.25, 0.3) is 0 Å². The first-order valence-electron chi connectivity index (χ1n) is 7.62. The molecule has 0 bridgehead atoms. The fourth-order valence-electron chi connectivity index (χ4n) is 2.32. The molecule has 1 heterocycles. The lowest BCUT2D eigenvalue weighted by Crippen LogP contribution is -2.00. The zero-order chi connectivity index (χ0) is 18.5. The molecule has 0 fully saturated rings. The predicted octanol–water partition coefficient (Wildman–Crippen LogP) is 5.42. The summed E-state index contributed by atoms with van der Waals surface area (Å²) in [5.41, 5.74) is 3.57. The van der Waals surface area contributed by atoms with Crippen LogP contribution in [0.3, 0.4) is 0 Å². The summed E-state index contributed by atoms with van der Waals surface area (Å²) in [6.45, 7) is 0. The van der Waals surface area contributed by atoms with Gasteiger partial charge in [0.1, 0.15) is 11.1 Å². The third-order valence-corrected chi connectivity index (χ3v) is 4.99. The molecule has 0 saturated carbocycles. The fraction of sp³-hybridized carbons (Fsp3) is 0.0500. The number of hydrogen-bond donors (Lipinski definition) is 0. The smallest absolute Gasteiger partial charge is 0.337 e. The number of hydrogen-bond acceptors (Lipinski definition) is 5. The molecule has 0 saturated heterocycles. The van der Waals surface area contributed by atoms with E-state index in [4.69, 9.17) is 0 Å². The molecule has 0 atom stereocenters. The number of carbonyl (C=O) groups is 1. The third-order valence-electron chi connectivity index (χ3n) is 3.62. The predicted molar refractivity (Wildman–Crippen MR) is 107 cm³/mol. The molecule has 26 heavy (non-hydrogen) atoms. The van der Waals surface area contributed by atoms with Crippen LogP contribution in [0.5, 0.6) is 0 Å². The second kappa shape index (κ2) is 8.09. The first-order chi connectivity index (χ1) is 12.6. The highest BCUT2D eigenvalue weighted by Crippen LogP contribution is 2.28. The van der Waals surface area contributed by atoms with Crippen molar-refractivity contribution < 1.29 is 9.53 Å². The highest BCUT2D eigenvalue weighted by molar-refractivity contribution is 9.10. The average Bonchev–Trinajstić information content (AvgIpc) is 3.16. The lowest BCUT2D eigenvalue weighted by atomic mass is 10.1. The topological polar surface area (TPSA) is 63.0 Å². The number of esters is 1. The van der Waals surface area contributed by atoms with E-state index in [1.165, 1.54) is 18.4 Å². The van der Waals surface area contributed by atoms with Gasteiger partial charge in [-0.15, -0.1) is 11.3 Å². The number of halogens is 1. The molecule has 1 aromatic heterocycles. The molecule has 0 unspecified atom stereocenters. The van der Waals surface area contributed by atoms with Crippen molar-refractivity contribution in [3.8, 4) is 17.3 Å². The Morgan fingerprint density at radius 3 is 2.69 bits per heavy atom. The van der Waals surface area contributed by atoms with E-state index in [1.807, 2.05) is 29.6 Å². The molecule has 4 nitrogen and oxygen atoms in total. The van der Waals surface area contributed by atoms with Crippen molar-refractivity contribution >= 4 is 44.9 Å². The van der Waals surface area contributed by atoms with Crippen molar-refractivity contribution in [3.05, 3.63) is 74.5 Å². The van der Waals surface area contributed by atoms with Crippen molar-refractivity contribution in [3.63, 3.8) is 0 Å². The van der Waals surface area contributed by atoms with Crippen LogP contribution < -0.4 is 0 Å². The summed E-state index contributed by atoms with van der Waals surface area (Å²) in [6.07, 6.45) is 1.75. The number of allylic oxidation sites excluding steroid dienone is 1. The maximum atomic E-state index is 11.5. The van der Waals surface area contributed by atoms with Crippen LogP contribution >= 0.6 is 27.3 Å². The standard InChI is InChI=1S/C20H13BrN2O2S/c1-25-20(24)14-7-5-13(6-8-14)9-16(11-22)19-23-18(12-26-19)15-3-2-4-17(21)10-15/h2-10,12H,1H3/b16-9+. The minimum Gasteiger partial charge on any atom is -0.465 e. The Labute approximate surface area is 163 Å². The van der Waals surface area contributed by atoms with Gasteiger partial charge in [-0.2, -0.15) is 5.26 Å². The van der Waals surface area contributed by atoms with Crippen LogP contribution in [0.4, 0.5) is 0 Å². The summed E-state index contributed by atoms with van der Waals surface area (Å²) >= 11 is 4.88. The molecule has 0 amide bonds. The number of nitrogens with zero attached hydrogens (tertiary/aromatic N) is 2. The van der Waals surface area contributed by atoms with Crippen molar-refractivity contribution in [2.45, 2.75) is 0 Å². The van der Waals surface area contributed by atoms with Gasteiger partial charge in [-0.3, -0.25) is 0 Å². The average molecular weight is 425 g/mol. The molecule has 0 radical (unpaired) electrons. The summed E-state index contributed by atoms with van der Waals surface area (Å²) < 4.78 is 5.66. The zero-order valence-electron chi connectivity index (χ0n) is 13.8. The number of benzene rings is 2. The lowest BCUT2D eigenvalue weighted by molar-refractivity contribution is 0.0600. The van der Waals surface area contributed by atoms with Crippen molar-refractivity contribution in [1.82, 2.24) is 4.98 Å². The fourth-order valence-corrected chi connectivity index (χ4v) is 3.51. The molecule has 3 rings (SSSR count). The molecular formula is C20H13BrN2O2S. The van der Waals surface area contributed by atoms with E-state index in [9.17, 15) is 10.1 Å². The molecule has 0 aliphatic heterocycles. The minimum absolute atomic E-state index is 0.389. The van der Waals surface area contributed by atoms with Crippen molar-refractivity contribution in [1.29, 1.82) is 5.26 Å². The maximum absolute atomic E-state index is 11.5. The maximum Gasteiger partial charge on any atom is 0.337 e. The highest BCUT2D eigenvalue weighted by Gasteiger charge is 2.10. The van der Waals surface area contributed by atoms with E-state index in [0.717, 1.165) is 21.3 Å². The molecule has 2 aromatic carbocycles. The highest BCUT2D eigenvalue weighted by atomic mass is 79.9. The van der Waals surface area contributed by atoms with Gasteiger partial charge in [-0.1, -0.05) is 40.2 Å². The number of nitriles is 1. The number of rotatable bonds is 4. The minimum atomic E-state index is -0.389. The Bertz CT molecular complexity index is 1020. The van der Waals surface area contributed by atoms with Gasteiger partial charge in [-0.05, 0) is 35.9 Å². The normalized spacial score (nSPS) is 11.0. The second-order valence-electron chi connectivity index (χ2n) is 5.33. The van der Waals surface area contributed by atoms with Crippen LogP contribution in [0, 0.1) is 11.3 Å². The van der Waals surface area contributed by atoms with E-state index in [0.29, 0.717) is 16.1 Å². The first kappa shape index (κ1) is 18.1. The third kappa shape index (κ3) is 4.07. The van der Waals surface area contributed by atoms with Gasteiger partial charge in [0.15, 0.2) is 0 Å². The Morgan fingerprint density at radius 1 is 1.27 bits per heavy atom. The molecule has 0 spiro atoms. The van der Waals surface area contributed by atoms with Crippen LogP contribution in [-0.4, -0.2) is 18.1 Å². The largest absolute Gasteiger partial charge is 0.465 e. The van der Waals surface area contributed by atoms with Crippen molar-refractivity contribution in [2.75, 3.05) is 7.11 Å². The van der Waals surface area contributed by atoms with Crippen LogP contribution in [0.1, 0.15) is 20.9 Å². The Hall–Kier alpha value is -2.75. The van der Waals surface area contributed by atoms with Gasteiger partial charge in [0, 0.05) is 15.4 Å². The molecule has 0 aliphatic rings. The lowest BCUT2D eigenvalue weighted by Gasteiger charge is -2.00. The Morgan fingerprint density at radius 2 is 2.04 bits per heavy atom. The molecule has 128 valence electrons. The monoisotopic (exact) mass is 424 g/mol. The molecule has 6 heteroatoms. The number of ether oxygens (including phenoxy) is 1. The number of methoxy groups -OCH3 is 1. The van der Waals surface area contributed by atoms with E-state index in [2.05, 4.69) is 31.7 Å². The summed E-state index contributed by atoms with van der Waals surface area (Å²) in [4.78, 5) is 16.1. The summed E-state index contributed by atoms with van der Waals surface area (Å²) in [5, 5.41) is 12.1. The van der Waals surface area contributed by atoms with Gasteiger partial charge in [0.2, 0.25) is 0 Å². The van der Waals surface area contributed by atoms with Gasteiger partial charge >= 0.3 is 5.97 Å². The van der Waals surface area contributed by atoms with Crippen LogP contribution in [-0.2, 0) is 4.74 Å². The number of thiazole rings is 1. The number of carbonyl (C=O) groups excluding carboxylic acids is 1. The molecule has 3 aromatic rings. The van der Waals surface area contributed by atoms with Crippen LogP contribution in [0.25, 0.3) is 22.9 Å². The van der Waals surface area contributed by atoms with Gasteiger partial charge in [-0.25, -0.2) is 9.78 Å². The SMILES string of the molecule is COC(=O)c1ccc(/C=C(\C#N)c2nc(-c3cccc(Br)c3)cs2)cc1. The van der Waals surface area contributed by atoms with E-state index in [1.54, 1.807) is 30.3 Å². The van der Waals surface area contributed by atoms with Crippen molar-refractivity contribution in [2.24, 2.45) is 0 Å². The molecule has 0 aliphatic carbocycles. The zero-order valence-corrected chi connectivity index (χ0v) is 16.2. The van der Waals surface area contributed by atoms with Crippen LogP contribution in [0.2, 0.25) is 0 Å². The summed E-state index contributed by atoms with van der Waals surface area (Å²) in [7, 11) is 1.34.